The second-order valence-corrected chi connectivity index (χ2v) is 12.1. The number of hydrogen-bond acceptors (Lipinski definition) is 6. The van der Waals surface area contributed by atoms with Crippen molar-refractivity contribution < 1.29 is 34.8 Å². The van der Waals surface area contributed by atoms with Crippen molar-refractivity contribution in [1.82, 2.24) is 4.31 Å². The highest BCUT2D eigenvalue weighted by Gasteiger charge is 2.46. The van der Waals surface area contributed by atoms with Crippen LogP contribution in [0.2, 0.25) is 0 Å². The Morgan fingerprint density at radius 2 is 1.78 bits per heavy atom. The second kappa shape index (κ2) is 9.53. The predicted molar refractivity (Wildman–Crippen MR) is 127 cm³/mol. The lowest BCUT2D eigenvalue weighted by Gasteiger charge is -2.40. The van der Waals surface area contributed by atoms with Crippen molar-refractivity contribution >= 4 is 31.6 Å². The third-order valence-electron chi connectivity index (χ3n) is 5.64. The summed E-state index contributed by atoms with van der Waals surface area (Å²) in [6.07, 6.45) is -4.11. The summed E-state index contributed by atoms with van der Waals surface area (Å²) in [6, 6.07) is 5.70. The maximum absolute atomic E-state index is 13.6. The van der Waals surface area contributed by atoms with Crippen molar-refractivity contribution in [3.05, 3.63) is 82.0 Å². The van der Waals surface area contributed by atoms with Gasteiger partial charge in [0.25, 0.3) is 0 Å². The molecule has 0 radical (unpaired) electrons. The first-order valence-corrected chi connectivity index (χ1v) is 13.9. The number of benzene rings is 2. The molecule has 14 heteroatoms. The van der Waals surface area contributed by atoms with Crippen LogP contribution in [0.25, 0.3) is 4.85 Å². The molecular weight excluding hydrogens is 533 g/mol. The van der Waals surface area contributed by atoms with Crippen molar-refractivity contribution in [1.29, 1.82) is 5.26 Å². The molecule has 0 saturated heterocycles. The Hall–Kier alpha value is -3.88. The van der Waals surface area contributed by atoms with E-state index in [1.807, 2.05) is 0 Å². The Labute approximate surface area is 211 Å². The van der Waals surface area contributed by atoms with Crippen LogP contribution in [0.3, 0.4) is 0 Å². The lowest BCUT2D eigenvalue weighted by Crippen LogP contribution is -2.51. The van der Waals surface area contributed by atoms with Crippen LogP contribution in [0.4, 0.5) is 23.7 Å². The Morgan fingerprint density at radius 3 is 2.30 bits per heavy atom. The van der Waals surface area contributed by atoms with E-state index < -0.39 is 60.0 Å². The zero-order chi connectivity index (χ0) is 27.9. The van der Waals surface area contributed by atoms with Gasteiger partial charge in [-0.25, -0.2) is 30.8 Å². The number of nitriles is 1. The summed E-state index contributed by atoms with van der Waals surface area (Å²) in [5.41, 5.74) is -2.33. The van der Waals surface area contributed by atoms with E-state index in [0.29, 0.717) is 17.2 Å². The summed E-state index contributed by atoms with van der Waals surface area (Å²) in [4.78, 5) is 17.2. The predicted octanol–water partition coefficient (Wildman–Crippen LogP) is 4.46. The van der Waals surface area contributed by atoms with Crippen molar-refractivity contribution in [2.75, 3.05) is 16.9 Å². The molecule has 0 unspecified atom stereocenters. The molecular formula is C23H19F3N4O5S2. The van der Waals surface area contributed by atoms with Gasteiger partial charge >= 0.3 is 12.2 Å². The molecule has 1 atom stereocenters. The number of sulfonamides is 1. The first kappa shape index (κ1) is 27.7. The molecule has 9 nitrogen and oxygen atoms in total. The van der Waals surface area contributed by atoms with Crippen LogP contribution in [-0.4, -0.2) is 39.2 Å². The number of sulfone groups is 1. The van der Waals surface area contributed by atoms with E-state index in [-0.39, 0.29) is 26.8 Å². The number of nitrogens with zero attached hydrogens (tertiary/aromatic N) is 4. The van der Waals surface area contributed by atoms with Gasteiger partial charge in [-0.05, 0) is 42.8 Å². The fourth-order valence-corrected chi connectivity index (χ4v) is 6.02. The van der Waals surface area contributed by atoms with E-state index >= 15 is 0 Å². The van der Waals surface area contributed by atoms with Crippen molar-refractivity contribution in [2.45, 2.75) is 31.0 Å². The van der Waals surface area contributed by atoms with E-state index in [4.69, 9.17) is 6.57 Å². The zero-order valence-corrected chi connectivity index (χ0v) is 21.2. The Kier molecular flexibility index (Phi) is 7.14. The van der Waals surface area contributed by atoms with E-state index in [1.54, 1.807) is 6.07 Å². The SMILES string of the molecule is [C-]#[N+]C1=C(C)N(c2cccc(C(F)(F)F)c2)C(=O)N(S(C)(=O)=O)[C@@H]1c1ccc(C#N)cc1S(=O)(=O)CC. The number of rotatable bonds is 5. The molecule has 37 heavy (non-hydrogen) atoms. The van der Waals surface area contributed by atoms with Crippen LogP contribution in [0, 0.1) is 17.9 Å². The number of amides is 2. The fraction of sp³-hybridized carbons (Fsp3) is 0.261. The van der Waals surface area contributed by atoms with E-state index in [1.165, 1.54) is 19.9 Å². The highest BCUT2D eigenvalue weighted by atomic mass is 32.2. The highest BCUT2D eigenvalue weighted by Crippen LogP contribution is 2.44. The normalized spacial score (nSPS) is 17.0. The van der Waals surface area contributed by atoms with Crippen molar-refractivity contribution in [3.63, 3.8) is 0 Å². The van der Waals surface area contributed by atoms with Gasteiger partial charge in [0.2, 0.25) is 15.7 Å². The van der Waals surface area contributed by atoms with Gasteiger partial charge in [0.1, 0.15) is 6.04 Å². The van der Waals surface area contributed by atoms with Gasteiger partial charge in [-0.15, -0.1) is 0 Å². The van der Waals surface area contributed by atoms with Gasteiger partial charge in [-0.3, -0.25) is 4.90 Å². The van der Waals surface area contributed by atoms with Gasteiger partial charge in [-0.1, -0.05) is 19.1 Å². The first-order chi connectivity index (χ1) is 17.1. The van der Waals surface area contributed by atoms with Gasteiger partial charge in [0.05, 0.1) is 40.7 Å². The summed E-state index contributed by atoms with van der Waals surface area (Å²) in [5.74, 6) is -0.430. The summed E-state index contributed by atoms with van der Waals surface area (Å²) in [7, 11) is -8.60. The average molecular weight is 553 g/mol. The largest absolute Gasteiger partial charge is 0.416 e. The monoisotopic (exact) mass is 552 g/mol. The Morgan fingerprint density at radius 1 is 1.14 bits per heavy atom. The minimum Gasteiger partial charge on any atom is -0.277 e. The number of halogens is 3. The molecule has 2 aromatic carbocycles. The smallest absolute Gasteiger partial charge is 0.277 e. The molecule has 0 fully saturated rings. The molecule has 1 aliphatic heterocycles. The van der Waals surface area contributed by atoms with Gasteiger partial charge < -0.3 is 0 Å². The van der Waals surface area contributed by atoms with Crippen LogP contribution in [0.5, 0.6) is 0 Å². The van der Waals surface area contributed by atoms with Gasteiger partial charge in [-0.2, -0.15) is 18.4 Å². The molecule has 0 bridgehead atoms. The second-order valence-electron chi connectivity index (χ2n) is 7.98. The molecule has 0 spiro atoms. The molecule has 1 aliphatic rings. The van der Waals surface area contributed by atoms with Crippen LogP contribution in [0.15, 0.2) is 58.8 Å². The summed E-state index contributed by atoms with van der Waals surface area (Å²) < 4.78 is 91.8. The zero-order valence-electron chi connectivity index (χ0n) is 19.6. The van der Waals surface area contributed by atoms with Crippen LogP contribution < -0.4 is 4.90 Å². The number of alkyl halides is 3. The first-order valence-electron chi connectivity index (χ1n) is 10.4. The van der Waals surface area contributed by atoms with Crippen molar-refractivity contribution in [2.24, 2.45) is 0 Å². The van der Waals surface area contributed by atoms with E-state index in [9.17, 15) is 40.1 Å². The molecule has 3 rings (SSSR count). The Bertz CT molecular complexity index is 1620. The summed E-state index contributed by atoms with van der Waals surface area (Å²) >= 11 is 0. The van der Waals surface area contributed by atoms with Crippen LogP contribution in [-0.2, 0) is 26.0 Å². The number of carbonyl (C=O) groups excluding carboxylic acids is 1. The minimum atomic E-state index is -4.76. The van der Waals surface area contributed by atoms with Gasteiger partial charge in [0, 0.05) is 11.4 Å². The quantitative estimate of drug-likeness (QED) is 0.505. The molecule has 1 heterocycles. The standard InChI is InChI=1S/C23H19F3N4O5S2/c1-5-37(34,35)19-11-15(13-27)9-10-18(19)21-20(28-3)14(2)29(22(31)30(21)36(4,32)33)17-8-6-7-16(12-17)23(24,25)26/h6-12,21H,5H2,1-2,4H3/t21-/m1/s1. The number of allylic oxidation sites excluding steroid dienone is 1. The number of carbonyl (C=O) groups is 1. The fourth-order valence-electron chi connectivity index (χ4n) is 3.90. The topological polar surface area (TPSA) is 120 Å². The van der Waals surface area contributed by atoms with Crippen molar-refractivity contribution in [3.8, 4) is 6.07 Å². The third-order valence-corrected chi connectivity index (χ3v) is 8.51. The number of anilines is 1. The molecule has 0 aromatic heterocycles. The molecule has 0 aliphatic carbocycles. The number of hydrogen-bond donors (Lipinski definition) is 0. The van der Waals surface area contributed by atoms with Crippen LogP contribution >= 0.6 is 0 Å². The lowest BCUT2D eigenvalue weighted by atomic mass is 9.98. The average Bonchev–Trinajstić information content (AvgIpc) is 2.82. The van der Waals surface area contributed by atoms with Gasteiger partial charge in [0.15, 0.2) is 9.84 Å². The lowest BCUT2D eigenvalue weighted by molar-refractivity contribution is -0.137. The molecule has 2 aromatic rings. The molecule has 194 valence electrons. The number of urea groups is 1. The summed E-state index contributed by atoms with van der Waals surface area (Å²) in [6.45, 7) is 10.3. The van der Waals surface area contributed by atoms with E-state index in [2.05, 4.69) is 4.85 Å². The Balaban J connectivity index is 2.41. The summed E-state index contributed by atoms with van der Waals surface area (Å²) in [5, 5.41) is 9.26. The minimum absolute atomic E-state index is 0.0560. The molecule has 2 amide bonds. The maximum atomic E-state index is 13.6. The molecule has 0 saturated carbocycles. The van der Waals surface area contributed by atoms with E-state index in [0.717, 1.165) is 30.3 Å². The highest BCUT2D eigenvalue weighted by molar-refractivity contribution is 7.91. The van der Waals surface area contributed by atoms with Crippen LogP contribution in [0.1, 0.15) is 36.6 Å². The maximum Gasteiger partial charge on any atom is 0.416 e. The molecule has 0 N–H and O–H groups in total. The third kappa shape index (κ3) is 5.03.